The third-order valence-corrected chi connectivity index (χ3v) is 1.22. The third kappa shape index (κ3) is 2.76. The fraction of sp³-hybridized carbons (Fsp3) is 0. The number of nitrogen functional groups attached to an aromatic ring is 1. The average molecular weight is 204 g/mol. The van der Waals surface area contributed by atoms with Crippen LogP contribution in [-0.4, -0.2) is 9.97 Å². The number of nitrogens with two attached hydrogens (primary N) is 1. The van der Waals surface area contributed by atoms with Crippen molar-refractivity contribution in [3.8, 4) is 0 Å². The Balaban J connectivity index is 0.000000810. The third-order valence-electron chi connectivity index (χ3n) is 0.739. The van der Waals surface area contributed by atoms with Gasteiger partial charge in [-0.2, -0.15) is 0 Å². The first-order valence-electron chi connectivity index (χ1n) is 2.13. The molecule has 1 rings (SSSR count). The smallest absolute Gasteiger partial charge is 0.223 e. The Labute approximate surface area is 97.9 Å². The van der Waals surface area contributed by atoms with Gasteiger partial charge in [-0.1, -0.05) is 11.6 Å². The molecule has 0 aliphatic carbocycles. The molecule has 0 radical (unpaired) electrons. The molecule has 0 aliphatic rings. The van der Waals surface area contributed by atoms with Crippen molar-refractivity contribution in [1.29, 1.82) is 0 Å². The molecule has 56 valence electrons. The molecule has 0 bridgehead atoms. The first-order chi connectivity index (χ1) is 4.20. The van der Waals surface area contributed by atoms with Crippen LogP contribution in [0.4, 0.5) is 5.69 Å². The van der Waals surface area contributed by atoms with Crippen LogP contribution in [0.25, 0.3) is 0 Å². The summed E-state index contributed by atoms with van der Waals surface area (Å²) in [6.45, 7) is 0. The van der Waals surface area contributed by atoms with Crippen molar-refractivity contribution in [1.82, 2.24) is 9.97 Å². The van der Waals surface area contributed by atoms with Gasteiger partial charge in [0.2, 0.25) is 5.28 Å². The number of rotatable bonds is 0. The van der Waals surface area contributed by atoms with E-state index >= 15 is 0 Å². The van der Waals surface area contributed by atoms with E-state index in [0.29, 0.717) is 5.69 Å². The molecule has 0 atom stereocenters. The molecule has 0 unspecified atom stereocenters. The summed E-state index contributed by atoms with van der Waals surface area (Å²) in [6, 6.07) is 0. The summed E-state index contributed by atoms with van der Waals surface area (Å²) in [6.07, 6.45) is 1.36. The summed E-state index contributed by atoms with van der Waals surface area (Å²) in [5.74, 6) is 0. The van der Waals surface area contributed by atoms with Crippen LogP contribution in [0, 0.1) is 37.7 Å². The maximum absolute atomic E-state index is 5.45. The Hall–Kier alpha value is 0.720. The van der Waals surface area contributed by atoms with Gasteiger partial charge in [-0.05, 0) is 11.6 Å². The first kappa shape index (κ1) is 10.7. The van der Waals surface area contributed by atoms with Gasteiger partial charge in [0.15, 0.2) is 5.15 Å². The van der Waals surface area contributed by atoms with E-state index < -0.39 is 0 Å². The normalized spacial score (nSPS) is 8.60. The molecule has 1 aromatic heterocycles. The van der Waals surface area contributed by atoms with Gasteiger partial charge in [0, 0.05) is 37.7 Å². The van der Waals surface area contributed by atoms with E-state index in [1.807, 2.05) is 0 Å². The molecule has 10 heavy (non-hydrogen) atoms. The van der Waals surface area contributed by atoms with Gasteiger partial charge in [-0.3, -0.25) is 0 Å². The molecule has 0 aliphatic heterocycles. The quantitative estimate of drug-likeness (QED) is 0.512. The minimum Gasteiger partial charge on any atom is -0.395 e. The summed E-state index contributed by atoms with van der Waals surface area (Å²) in [5, 5.41) is 0.296. The predicted octanol–water partition coefficient (Wildman–Crippen LogP) is 1.37. The SMILES string of the molecule is Nc1cnc(Cl)nc1Cl.[Ar]. The topological polar surface area (TPSA) is 51.8 Å². The number of nitrogens with zero attached hydrogens (tertiary/aromatic N) is 2. The Bertz CT molecular complexity index is 230. The van der Waals surface area contributed by atoms with Crippen molar-refractivity contribution >= 4 is 28.9 Å². The number of hydrogen-bond acceptors (Lipinski definition) is 3. The fourth-order valence-corrected chi connectivity index (χ4v) is 0.656. The predicted molar refractivity (Wildman–Crippen MR) is 36.5 cm³/mol. The van der Waals surface area contributed by atoms with Gasteiger partial charge in [0.25, 0.3) is 0 Å². The molecule has 6 heteroatoms. The largest absolute Gasteiger partial charge is 0.395 e. The van der Waals surface area contributed by atoms with Crippen molar-refractivity contribution in [2.24, 2.45) is 0 Å². The second kappa shape index (κ2) is 4.57. The Morgan fingerprint density at radius 2 is 2.00 bits per heavy atom. The van der Waals surface area contributed by atoms with Crippen LogP contribution in [0.1, 0.15) is 0 Å². The van der Waals surface area contributed by atoms with E-state index in [-0.39, 0.29) is 48.2 Å². The molecule has 0 amide bonds. The number of aromatic nitrogens is 2. The van der Waals surface area contributed by atoms with E-state index in [4.69, 9.17) is 28.9 Å². The molecule has 0 fully saturated rings. The van der Waals surface area contributed by atoms with Crippen molar-refractivity contribution in [3.63, 3.8) is 0 Å². The van der Waals surface area contributed by atoms with Crippen LogP contribution in [0.2, 0.25) is 10.4 Å². The molecule has 1 aromatic rings. The van der Waals surface area contributed by atoms with E-state index in [9.17, 15) is 0 Å². The monoisotopic (exact) mass is 203 g/mol. The summed E-state index contributed by atoms with van der Waals surface area (Å²) < 4.78 is 0. The fourth-order valence-electron chi connectivity index (χ4n) is 0.350. The van der Waals surface area contributed by atoms with Gasteiger partial charge >= 0.3 is 0 Å². The summed E-state index contributed by atoms with van der Waals surface area (Å²) in [4.78, 5) is 7.15. The second-order valence-electron chi connectivity index (χ2n) is 1.39. The summed E-state index contributed by atoms with van der Waals surface area (Å²) in [5.41, 5.74) is 5.61. The molecular weight excluding hydrogens is 201 g/mol. The molecule has 0 aromatic carbocycles. The number of hydrogen-bond donors (Lipinski definition) is 1. The zero-order valence-electron chi connectivity index (χ0n) is 4.66. The van der Waals surface area contributed by atoms with Crippen LogP contribution < -0.4 is 5.73 Å². The molecule has 0 spiro atoms. The minimum absolute atomic E-state index is 0. The van der Waals surface area contributed by atoms with Gasteiger partial charge in [0.1, 0.15) is 0 Å². The van der Waals surface area contributed by atoms with Gasteiger partial charge in [-0.15, -0.1) is 0 Å². The first-order valence-corrected chi connectivity index (χ1v) is 2.89. The maximum atomic E-state index is 5.45. The zero-order valence-corrected chi connectivity index (χ0v) is 6.88. The van der Waals surface area contributed by atoms with Crippen LogP contribution in [0.5, 0.6) is 0 Å². The molecular formula is C4H3ArCl2N3. The Kier molecular flexibility index (Phi) is 4.90. The molecule has 3 nitrogen and oxygen atoms in total. The maximum Gasteiger partial charge on any atom is 0.223 e. The van der Waals surface area contributed by atoms with Gasteiger partial charge < -0.3 is 5.73 Å². The van der Waals surface area contributed by atoms with E-state index in [1.54, 1.807) is 0 Å². The Morgan fingerprint density at radius 1 is 1.40 bits per heavy atom. The summed E-state index contributed by atoms with van der Waals surface area (Å²) >= 11 is 10.8. The van der Waals surface area contributed by atoms with Crippen LogP contribution in [-0.2, 0) is 0 Å². The Morgan fingerprint density at radius 3 is 2.40 bits per heavy atom. The van der Waals surface area contributed by atoms with Crippen LogP contribution >= 0.6 is 23.2 Å². The van der Waals surface area contributed by atoms with Crippen LogP contribution in [0.15, 0.2) is 6.20 Å². The van der Waals surface area contributed by atoms with Crippen molar-refractivity contribution < 1.29 is 37.7 Å². The zero-order chi connectivity index (χ0) is 6.85. The van der Waals surface area contributed by atoms with Crippen molar-refractivity contribution in [2.45, 2.75) is 0 Å². The standard InChI is InChI=1S/C4H3Cl2N3.Ar/c5-3-2(7)1-8-4(6)9-3;/h1H,7H2;. The second-order valence-corrected chi connectivity index (χ2v) is 2.08. The van der Waals surface area contributed by atoms with Gasteiger partial charge in [0.05, 0.1) is 11.9 Å². The van der Waals surface area contributed by atoms with E-state index in [1.165, 1.54) is 6.20 Å². The number of anilines is 1. The molecule has 2 N–H and O–H groups in total. The summed E-state index contributed by atoms with van der Waals surface area (Å²) in [7, 11) is 0. The molecule has 0 saturated carbocycles. The molecule has 0 saturated heterocycles. The molecule has 1 heterocycles. The van der Waals surface area contributed by atoms with Crippen molar-refractivity contribution in [3.05, 3.63) is 16.6 Å². The van der Waals surface area contributed by atoms with E-state index in [0.717, 1.165) is 0 Å². The minimum atomic E-state index is 0. The van der Waals surface area contributed by atoms with Crippen molar-refractivity contribution in [2.75, 3.05) is 5.73 Å². The van der Waals surface area contributed by atoms with Gasteiger partial charge in [-0.25, -0.2) is 9.97 Å². The average Bonchev–Trinajstić information content (AvgIpc) is 1.80. The van der Waals surface area contributed by atoms with E-state index in [2.05, 4.69) is 9.97 Å². The van der Waals surface area contributed by atoms with Crippen LogP contribution in [0.3, 0.4) is 0 Å². The number of halogens is 2.